The first kappa shape index (κ1) is 30.3. The van der Waals surface area contributed by atoms with E-state index in [-0.39, 0.29) is 18.5 Å². The highest BCUT2D eigenvalue weighted by Crippen LogP contribution is 2.23. The summed E-state index contributed by atoms with van der Waals surface area (Å²) < 4.78 is 27.0. The summed E-state index contributed by atoms with van der Waals surface area (Å²) >= 11 is 0. The van der Waals surface area contributed by atoms with Crippen LogP contribution in [0.4, 0.5) is 5.69 Å². The van der Waals surface area contributed by atoms with Gasteiger partial charge in [0.05, 0.1) is 11.9 Å². The Balaban J connectivity index is 1.72. The van der Waals surface area contributed by atoms with Crippen molar-refractivity contribution in [1.29, 1.82) is 0 Å². The molecule has 1 aliphatic carbocycles. The lowest BCUT2D eigenvalue weighted by Gasteiger charge is -2.35. The van der Waals surface area contributed by atoms with E-state index in [4.69, 9.17) is 0 Å². The number of aryl methyl sites for hydroxylation is 2. The molecule has 1 unspecified atom stereocenters. The summed E-state index contributed by atoms with van der Waals surface area (Å²) in [7, 11) is -3.78. The highest BCUT2D eigenvalue weighted by Gasteiger charge is 2.34. The van der Waals surface area contributed by atoms with Gasteiger partial charge < -0.3 is 10.2 Å². The van der Waals surface area contributed by atoms with Crippen LogP contribution in [0.15, 0.2) is 78.9 Å². The third kappa shape index (κ3) is 8.43. The number of rotatable bonds is 11. The number of nitrogens with one attached hydrogen (secondary N) is 1. The minimum Gasteiger partial charge on any atom is -0.352 e. The summed E-state index contributed by atoms with van der Waals surface area (Å²) in [6.07, 6.45) is 6.57. The van der Waals surface area contributed by atoms with Gasteiger partial charge >= 0.3 is 0 Å². The topological polar surface area (TPSA) is 86.8 Å². The maximum absolute atomic E-state index is 14.2. The molecule has 4 rings (SSSR count). The number of hydrogen-bond donors (Lipinski definition) is 1. The van der Waals surface area contributed by atoms with E-state index in [9.17, 15) is 18.0 Å². The summed E-state index contributed by atoms with van der Waals surface area (Å²) in [6.45, 7) is 3.67. The van der Waals surface area contributed by atoms with Crippen molar-refractivity contribution in [3.8, 4) is 0 Å². The van der Waals surface area contributed by atoms with Gasteiger partial charge in [0.25, 0.3) is 0 Å². The lowest BCUT2D eigenvalue weighted by Crippen LogP contribution is -2.55. The summed E-state index contributed by atoms with van der Waals surface area (Å²) in [5.74, 6) is -0.636. The van der Waals surface area contributed by atoms with Crippen LogP contribution >= 0.6 is 0 Å². The molecule has 0 aromatic heterocycles. The molecule has 0 saturated heterocycles. The van der Waals surface area contributed by atoms with Gasteiger partial charge in [-0.2, -0.15) is 0 Å². The van der Waals surface area contributed by atoms with E-state index in [1.54, 1.807) is 17.0 Å². The Morgan fingerprint density at radius 2 is 1.51 bits per heavy atom. The minimum atomic E-state index is -3.78. The van der Waals surface area contributed by atoms with Crippen LogP contribution in [-0.2, 0) is 32.6 Å². The van der Waals surface area contributed by atoms with Crippen molar-refractivity contribution in [3.05, 3.63) is 101 Å². The van der Waals surface area contributed by atoms with Gasteiger partial charge in [0.1, 0.15) is 12.6 Å². The number of carbonyl (C=O) groups excluding carboxylic acids is 2. The van der Waals surface area contributed by atoms with Gasteiger partial charge in [0.2, 0.25) is 21.8 Å². The molecular formula is C33H41N3O4S. The second kappa shape index (κ2) is 13.8. The smallest absolute Gasteiger partial charge is 0.244 e. The molecule has 1 saturated carbocycles. The Labute approximate surface area is 244 Å². The summed E-state index contributed by atoms with van der Waals surface area (Å²) in [6, 6.07) is 23.7. The first-order valence-corrected chi connectivity index (χ1v) is 16.2. The Kier molecular flexibility index (Phi) is 10.2. The molecule has 8 heteroatoms. The van der Waals surface area contributed by atoms with E-state index < -0.39 is 28.5 Å². The van der Waals surface area contributed by atoms with E-state index in [0.717, 1.165) is 64.9 Å². The van der Waals surface area contributed by atoms with Crippen molar-refractivity contribution in [1.82, 2.24) is 10.2 Å². The van der Waals surface area contributed by atoms with E-state index in [0.29, 0.717) is 12.1 Å². The maximum atomic E-state index is 14.2. The molecule has 3 aromatic rings. The van der Waals surface area contributed by atoms with Gasteiger partial charge in [-0.15, -0.1) is 0 Å². The molecule has 218 valence electrons. The monoisotopic (exact) mass is 575 g/mol. The normalized spacial score (nSPS) is 14.7. The third-order valence-corrected chi connectivity index (χ3v) is 8.97. The van der Waals surface area contributed by atoms with Crippen LogP contribution < -0.4 is 9.62 Å². The molecule has 1 N–H and O–H groups in total. The molecular weight excluding hydrogens is 534 g/mol. The number of sulfonamides is 1. The van der Waals surface area contributed by atoms with Crippen LogP contribution in [0, 0.1) is 13.8 Å². The minimum absolute atomic E-state index is 0.0741. The van der Waals surface area contributed by atoms with E-state index in [1.807, 2.05) is 80.6 Å². The molecule has 0 aliphatic heterocycles. The number of carbonyl (C=O) groups is 2. The fourth-order valence-corrected chi connectivity index (χ4v) is 6.24. The Morgan fingerprint density at radius 3 is 2.15 bits per heavy atom. The van der Waals surface area contributed by atoms with E-state index in [2.05, 4.69) is 5.32 Å². The van der Waals surface area contributed by atoms with Crippen molar-refractivity contribution < 1.29 is 18.0 Å². The predicted molar refractivity (Wildman–Crippen MR) is 164 cm³/mol. The van der Waals surface area contributed by atoms with Gasteiger partial charge in [-0.25, -0.2) is 8.42 Å². The fraction of sp³-hybridized carbons (Fsp3) is 0.394. The summed E-state index contributed by atoms with van der Waals surface area (Å²) in [5.41, 5.74) is 4.23. The highest BCUT2D eigenvalue weighted by molar-refractivity contribution is 7.92. The Morgan fingerprint density at radius 1 is 0.878 bits per heavy atom. The van der Waals surface area contributed by atoms with Crippen LogP contribution in [-0.4, -0.2) is 50.0 Å². The first-order valence-electron chi connectivity index (χ1n) is 14.3. The lowest BCUT2D eigenvalue weighted by molar-refractivity contribution is -0.140. The van der Waals surface area contributed by atoms with Gasteiger partial charge in [-0.05, 0) is 55.5 Å². The Bertz CT molecular complexity index is 1420. The van der Waals surface area contributed by atoms with Crippen LogP contribution in [0.2, 0.25) is 0 Å². The quantitative estimate of drug-likeness (QED) is 0.342. The van der Waals surface area contributed by atoms with Crippen LogP contribution in [0.1, 0.15) is 54.4 Å². The summed E-state index contributed by atoms with van der Waals surface area (Å²) in [4.78, 5) is 29.8. The first-order chi connectivity index (χ1) is 19.6. The standard InChI is InChI=1S/C33H41N3O4S/c1-25-18-20-30(21-19-25)36(41(3,39)40)24-32(37)35(23-28-15-11-10-12-26(28)2)31(22-27-13-6-4-7-14-27)33(38)34-29-16-8-5-9-17-29/h4,6-7,10-15,18-21,29,31H,5,8-9,16-17,22-24H2,1-3H3,(H,34,38). The van der Waals surface area contributed by atoms with Crippen molar-refractivity contribution >= 4 is 27.5 Å². The van der Waals surface area contributed by atoms with Gasteiger partial charge in [-0.3, -0.25) is 13.9 Å². The zero-order valence-electron chi connectivity index (χ0n) is 24.3. The Hall–Kier alpha value is -3.65. The molecule has 0 spiro atoms. The molecule has 2 amide bonds. The number of hydrogen-bond acceptors (Lipinski definition) is 4. The van der Waals surface area contributed by atoms with Crippen LogP contribution in [0.25, 0.3) is 0 Å². The maximum Gasteiger partial charge on any atom is 0.244 e. The molecule has 3 aromatic carbocycles. The predicted octanol–water partition coefficient (Wildman–Crippen LogP) is 5.16. The summed E-state index contributed by atoms with van der Waals surface area (Å²) in [5, 5.41) is 3.23. The molecule has 0 bridgehead atoms. The molecule has 1 aliphatic rings. The van der Waals surface area contributed by atoms with Crippen molar-refractivity contribution in [2.24, 2.45) is 0 Å². The number of nitrogens with zero attached hydrogens (tertiary/aromatic N) is 2. The average Bonchev–Trinajstić information content (AvgIpc) is 2.95. The second-order valence-electron chi connectivity index (χ2n) is 11.1. The van der Waals surface area contributed by atoms with Crippen molar-refractivity contribution in [3.63, 3.8) is 0 Å². The number of anilines is 1. The SMILES string of the molecule is Cc1ccc(N(CC(=O)N(Cc2ccccc2C)C(Cc2ccccc2)C(=O)NC2CCCCC2)S(C)(=O)=O)cc1. The van der Waals surface area contributed by atoms with E-state index in [1.165, 1.54) is 0 Å². The number of amides is 2. The van der Waals surface area contributed by atoms with Gasteiger partial charge in [0.15, 0.2) is 0 Å². The third-order valence-electron chi connectivity index (χ3n) is 7.83. The van der Waals surface area contributed by atoms with Crippen LogP contribution in [0.5, 0.6) is 0 Å². The van der Waals surface area contributed by atoms with Gasteiger partial charge in [-0.1, -0.05) is 91.6 Å². The molecule has 7 nitrogen and oxygen atoms in total. The van der Waals surface area contributed by atoms with E-state index >= 15 is 0 Å². The van der Waals surface area contributed by atoms with Gasteiger partial charge in [0, 0.05) is 19.0 Å². The zero-order valence-corrected chi connectivity index (χ0v) is 25.1. The second-order valence-corrected chi connectivity index (χ2v) is 13.0. The van der Waals surface area contributed by atoms with Crippen LogP contribution in [0.3, 0.4) is 0 Å². The van der Waals surface area contributed by atoms with Crippen molar-refractivity contribution in [2.45, 2.75) is 71.0 Å². The molecule has 0 heterocycles. The average molecular weight is 576 g/mol. The highest BCUT2D eigenvalue weighted by atomic mass is 32.2. The van der Waals surface area contributed by atoms with Crippen molar-refractivity contribution in [2.75, 3.05) is 17.1 Å². The molecule has 1 fully saturated rings. The molecule has 1 atom stereocenters. The number of benzene rings is 3. The molecule has 41 heavy (non-hydrogen) atoms. The largest absolute Gasteiger partial charge is 0.352 e. The zero-order chi connectivity index (χ0) is 29.4. The lowest BCUT2D eigenvalue weighted by atomic mass is 9.94. The molecule has 0 radical (unpaired) electrons. The fourth-order valence-electron chi connectivity index (χ4n) is 5.39.